The van der Waals surface area contributed by atoms with Gasteiger partial charge in [0.15, 0.2) is 17.3 Å². The van der Waals surface area contributed by atoms with Gasteiger partial charge in [0.05, 0.1) is 12.1 Å². The van der Waals surface area contributed by atoms with E-state index in [4.69, 9.17) is 14.0 Å². The lowest BCUT2D eigenvalue weighted by atomic mass is 10.1. The van der Waals surface area contributed by atoms with Gasteiger partial charge in [-0.2, -0.15) is 4.98 Å². The number of carbonyl (C=O) groups excluding carboxylic acids is 1. The molecule has 0 spiro atoms. The number of halogens is 1. The molecule has 136 valence electrons. The SMILES string of the molecule is O=C(c1cccc2c1OCCO2)N1CCC(F)(c2nc(C3CC3)no2)C1. The maximum Gasteiger partial charge on any atom is 0.266 e. The first kappa shape index (κ1) is 15.6. The van der Waals surface area contributed by atoms with Crippen LogP contribution in [0.5, 0.6) is 11.5 Å². The number of hydrogen-bond donors (Lipinski definition) is 0. The number of nitrogens with zero attached hydrogens (tertiary/aromatic N) is 3. The van der Waals surface area contributed by atoms with Crippen LogP contribution in [0.2, 0.25) is 0 Å². The van der Waals surface area contributed by atoms with Crippen molar-refractivity contribution >= 4 is 5.91 Å². The highest BCUT2D eigenvalue weighted by molar-refractivity contribution is 5.98. The van der Waals surface area contributed by atoms with Crippen molar-refractivity contribution in [3.05, 3.63) is 35.5 Å². The molecule has 2 aromatic rings. The average Bonchev–Trinajstić information content (AvgIpc) is 3.24. The van der Waals surface area contributed by atoms with E-state index in [9.17, 15) is 4.79 Å². The van der Waals surface area contributed by atoms with Crippen molar-refractivity contribution in [2.45, 2.75) is 30.8 Å². The highest BCUT2D eigenvalue weighted by Gasteiger charge is 2.47. The lowest BCUT2D eigenvalue weighted by molar-refractivity contribution is 0.0707. The summed E-state index contributed by atoms with van der Waals surface area (Å²) in [6.45, 7) is 1.00. The molecule has 1 saturated carbocycles. The highest BCUT2D eigenvalue weighted by atomic mass is 19.1. The summed E-state index contributed by atoms with van der Waals surface area (Å²) in [6, 6.07) is 5.16. The van der Waals surface area contributed by atoms with Crippen LogP contribution in [-0.4, -0.2) is 47.3 Å². The topological polar surface area (TPSA) is 77.7 Å². The minimum absolute atomic E-state index is 0.0237. The lowest BCUT2D eigenvalue weighted by Gasteiger charge is -2.23. The highest BCUT2D eigenvalue weighted by Crippen LogP contribution is 2.42. The number of carbonyl (C=O) groups is 1. The largest absolute Gasteiger partial charge is 0.486 e. The number of likely N-dealkylation sites (tertiary alicyclic amines) is 1. The molecular formula is C18H18FN3O4. The summed E-state index contributed by atoms with van der Waals surface area (Å²) in [5.74, 6) is 1.53. The summed E-state index contributed by atoms with van der Waals surface area (Å²) < 4.78 is 31.6. The van der Waals surface area contributed by atoms with E-state index in [2.05, 4.69) is 10.1 Å². The lowest BCUT2D eigenvalue weighted by Crippen LogP contribution is -2.33. The number of benzene rings is 1. The maximum absolute atomic E-state index is 15.4. The minimum atomic E-state index is -1.80. The number of para-hydroxylation sites is 1. The molecule has 1 aromatic heterocycles. The van der Waals surface area contributed by atoms with Crippen LogP contribution in [0.25, 0.3) is 0 Å². The zero-order valence-electron chi connectivity index (χ0n) is 14.1. The average molecular weight is 359 g/mol. The van der Waals surface area contributed by atoms with E-state index >= 15 is 4.39 Å². The number of ether oxygens (including phenoxy) is 2. The molecule has 1 aliphatic carbocycles. The Hall–Kier alpha value is -2.64. The molecule has 1 amide bonds. The third-order valence-electron chi connectivity index (χ3n) is 5.07. The van der Waals surface area contributed by atoms with Gasteiger partial charge < -0.3 is 18.9 Å². The summed E-state index contributed by atoms with van der Waals surface area (Å²) in [4.78, 5) is 18.6. The fourth-order valence-electron chi connectivity index (χ4n) is 3.46. The van der Waals surface area contributed by atoms with Gasteiger partial charge in [-0.25, -0.2) is 4.39 Å². The second kappa shape index (κ2) is 5.69. The molecule has 26 heavy (non-hydrogen) atoms. The molecule has 7 nitrogen and oxygen atoms in total. The first-order valence-electron chi connectivity index (χ1n) is 8.85. The number of fused-ring (bicyclic) bond motifs is 1. The summed E-state index contributed by atoms with van der Waals surface area (Å²) in [5, 5.41) is 3.89. The molecule has 2 aliphatic heterocycles. The van der Waals surface area contributed by atoms with E-state index in [0.29, 0.717) is 42.0 Å². The Kier molecular flexibility index (Phi) is 3.41. The maximum atomic E-state index is 15.4. The molecule has 0 radical (unpaired) electrons. The molecule has 1 unspecified atom stereocenters. The Morgan fingerprint density at radius 2 is 2.12 bits per heavy atom. The van der Waals surface area contributed by atoms with Crippen LogP contribution in [-0.2, 0) is 5.67 Å². The van der Waals surface area contributed by atoms with E-state index in [1.54, 1.807) is 18.2 Å². The van der Waals surface area contributed by atoms with Crippen LogP contribution < -0.4 is 9.47 Å². The summed E-state index contributed by atoms with van der Waals surface area (Å²) in [7, 11) is 0. The van der Waals surface area contributed by atoms with Gasteiger partial charge in [0, 0.05) is 18.9 Å². The molecule has 1 saturated heterocycles. The molecule has 1 aromatic carbocycles. The van der Waals surface area contributed by atoms with Gasteiger partial charge in [-0.15, -0.1) is 0 Å². The molecule has 2 fully saturated rings. The summed E-state index contributed by atoms with van der Waals surface area (Å²) >= 11 is 0. The fraction of sp³-hybridized carbons (Fsp3) is 0.500. The number of rotatable bonds is 3. The van der Waals surface area contributed by atoms with Crippen LogP contribution in [0.1, 0.15) is 47.3 Å². The molecule has 0 bridgehead atoms. The molecule has 1 atom stereocenters. The molecule has 0 N–H and O–H groups in total. The molecule has 3 aliphatic rings. The predicted molar refractivity (Wildman–Crippen MR) is 87.0 cm³/mol. The van der Waals surface area contributed by atoms with Crippen molar-refractivity contribution in [1.82, 2.24) is 15.0 Å². The third kappa shape index (κ3) is 2.51. The van der Waals surface area contributed by atoms with Crippen molar-refractivity contribution in [1.29, 1.82) is 0 Å². The third-order valence-corrected chi connectivity index (χ3v) is 5.07. The van der Waals surface area contributed by atoms with Crippen molar-refractivity contribution in [2.24, 2.45) is 0 Å². The Bertz CT molecular complexity index is 866. The molecule has 8 heteroatoms. The van der Waals surface area contributed by atoms with Crippen LogP contribution in [0.3, 0.4) is 0 Å². The first-order valence-corrected chi connectivity index (χ1v) is 8.85. The number of amides is 1. The zero-order chi connectivity index (χ0) is 17.7. The van der Waals surface area contributed by atoms with Crippen LogP contribution >= 0.6 is 0 Å². The van der Waals surface area contributed by atoms with E-state index in [1.807, 2.05) is 0 Å². The van der Waals surface area contributed by atoms with Crippen molar-refractivity contribution in [3.8, 4) is 11.5 Å². The predicted octanol–water partition coefficient (Wildman–Crippen LogP) is 2.43. The van der Waals surface area contributed by atoms with Gasteiger partial charge >= 0.3 is 0 Å². The molecule has 3 heterocycles. The number of hydrogen-bond acceptors (Lipinski definition) is 6. The molecule has 5 rings (SSSR count). The number of alkyl halides is 1. The van der Waals surface area contributed by atoms with Gasteiger partial charge in [-0.3, -0.25) is 4.79 Å². The first-order chi connectivity index (χ1) is 12.6. The quantitative estimate of drug-likeness (QED) is 0.838. The summed E-state index contributed by atoms with van der Waals surface area (Å²) in [6.07, 6.45) is 2.17. The number of aromatic nitrogens is 2. The zero-order valence-corrected chi connectivity index (χ0v) is 14.1. The Labute approximate surface area is 149 Å². The second-order valence-electron chi connectivity index (χ2n) is 7.00. The summed E-state index contributed by atoms with van der Waals surface area (Å²) in [5.41, 5.74) is -1.42. The van der Waals surface area contributed by atoms with Crippen LogP contribution in [0, 0.1) is 0 Å². The normalized spacial score (nSPS) is 24.7. The van der Waals surface area contributed by atoms with E-state index in [0.717, 1.165) is 12.8 Å². The minimum Gasteiger partial charge on any atom is -0.486 e. The standard InChI is InChI=1S/C18H18FN3O4/c19-18(17-20-15(21-26-17)11-4-5-11)6-7-22(10-18)16(23)12-2-1-3-13-14(12)25-9-8-24-13/h1-3,11H,4-10H2. The second-order valence-corrected chi connectivity index (χ2v) is 7.00. The van der Waals surface area contributed by atoms with E-state index < -0.39 is 5.67 Å². The Morgan fingerprint density at radius 3 is 2.96 bits per heavy atom. The van der Waals surface area contributed by atoms with Crippen molar-refractivity contribution in [3.63, 3.8) is 0 Å². The Balaban J connectivity index is 1.37. The van der Waals surface area contributed by atoms with Crippen molar-refractivity contribution in [2.75, 3.05) is 26.3 Å². The van der Waals surface area contributed by atoms with Crippen LogP contribution in [0.4, 0.5) is 4.39 Å². The van der Waals surface area contributed by atoms with E-state index in [-0.39, 0.29) is 31.3 Å². The van der Waals surface area contributed by atoms with Gasteiger partial charge in [0.1, 0.15) is 13.2 Å². The van der Waals surface area contributed by atoms with Gasteiger partial charge in [0.25, 0.3) is 11.8 Å². The Morgan fingerprint density at radius 1 is 1.27 bits per heavy atom. The van der Waals surface area contributed by atoms with Crippen molar-refractivity contribution < 1.29 is 23.2 Å². The monoisotopic (exact) mass is 359 g/mol. The van der Waals surface area contributed by atoms with Crippen LogP contribution in [0.15, 0.2) is 22.7 Å². The van der Waals surface area contributed by atoms with Gasteiger partial charge in [-0.05, 0) is 25.0 Å². The molecular weight excluding hydrogens is 341 g/mol. The smallest absolute Gasteiger partial charge is 0.266 e. The fourth-order valence-corrected chi connectivity index (χ4v) is 3.46. The van der Waals surface area contributed by atoms with Gasteiger partial charge in [0.2, 0.25) is 5.67 Å². The van der Waals surface area contributed by atoms with E-state index in [1.165, 1.54) is 4.90 Å². The van der Waals surface area contributed by atoms with Gasteiger partial charge in [-0.1, -0.05) is 11.2 Å².